The van der Waals surface area contributed by atoms with Gasteiger partial charge in [-0.15, -0.1) is 14.9 Å². The predicted octanol–water partition coefficient (Wildman–Crippen LogP) is 4.08. The molecular formula is C24H29N6O+. The third-order valence-electron chi connectivity index (χ3n) is 6.26. The van der Waals surface area contributed by atoms with Gasteiger partial charge in [-0.25, -0.2) is 0 Å². The lowest BCUT2D eigenvalue weighted by molar-refractivity contribution is -0.482. The fourth-order valence-corrected chi connectivity index (χ4v) is 4.55. The lowest BCUT2D eigenvalue weighted by Gasteiger charge is -2.18. The van der Waals surface area contributed by atoms with Gasteiger partial charge in [-0.1, -0.05) is 24.2 Å². The van der Waals surface area contributed by atoms with Gasteiger partial charge in [0.05, 0.1) is 17.7 Å². The molecule has 4 heterocycles. The van der Waals surface area contributed by atoms with Crippen molar-refractivity contribution in [1.82, 2.24) is 15.5 Å². The van der Waals surface area contributed by atoms with Gasteiger partial charge in [0.1, 0.15) is 11.4 Å². The summed E-state index contributed by atoms with van der Waals surface area (Å²) in [5.74, 6) is 2.72. The number of hydrogen-bond acceptors (Lipinski definition) is 6. The molecule has 0 bridgehead atoms. The Balaban J connectivity index is 1.37. The molecule has 7 nitrogen and oxygen atoms in total. The molecule has 0 aliphatic carbocycles. The van der Waals surface area contributed by atoms with E-state index in [1.807, 2.05) is 4.68 Å². The van der Waals surface area contributed by atoms with E-state index in [0.717, 1.165) is 73.9 Å². The Kier molecular flexibility index (Phi) is 5.36. The molecule has 0 spiro atoms. The number of nitrogens with one attached hydrogen (secondary N) is 1. The Labute approximate surface area is 182 Å². The Morgan fingerprint density at radius 2 is 1.87 bits per heavy atom. The maximum Gasteiger partial charge on any atom is 0.353 e. The maximum atomic E-state index is 6.01. The number of rotatable bonds is 5. The fraction of sp³-hybridized carbons (Fsp3) is 0.458. The highest BCUT2D eigenvalue weighted by atomic mass is 16.4. The average molecular weight is 418 g/mol. The summed E-state index contributed by atoms with van der Waals surface area (Å²) in [4.78, 5) is 4.83. The van der Waals surface area contributed by atoms with Crippen LogP contribution in [-0.4, -0.2) is 45.1 Å². The number of hydrogen-bond donors (Lipinski definition) is 1. The molecule has 5 rings (SSSR count). The van der Waals surface area contributed by atoms with Gasteiger partial charge < -0.3 is 9.73 Å². The maximum absolute atomic E-state index is 6.01. The lowest BCUT2D eigenvalue weighted by atomic mass is 9.98. The van der Waals surface area contributed by atoms with Gasteiger partial charge in [-0.3, -0.25) is 0 Å². The van der Waals surface area contributed by atoms with Crippen LogP contribution in [-0.2, 0) is 6.42 Å². The Morgan fingerprint density at radius 3 is 2.61 bits per heavy atom. The van der Waals surface area contributed by atoms with E-state index in [0.29, 0.717) is 11.8 Å². The lowest BCUT2D eigenvalue weighted by Crippen LogP contribution is -2.26. The van der Waals surface area contributed by atoms with Crippen LogP contribution in [0.5, 0.6) is 0 Å². The van der Waals surface area contributed by atoms with Crippen LogP contribution in [0, 0.1) is 0 Å². The van der Waals surface area contributed by atoms with Crippen molar-refractivity contribution in [1.29, 1.82) is 0 Å². The Bertz CT molecular complexity index is 1110. The molecule has 1 aromatic heterocycles. The number of aliphatic imine (C=N–C) groups is 1. The van der Waals surface area contributed by atoms with Crippen molar-refractivity contribution in [3.05, 3.63) is 47.1 Å². The van der Waals surface area contributed by atoms with Gasteiger partial charge in [0.15, 0.2) is 0 Å². The average Bonchev–Trinajstić information content (AvgIpc) is 3.41. The molecule has 0 atom stereocenters. The zero-order chi connectivity index (χ0) is 21.4. The normalized spacial score (nSPS) is 19.6. The molecule has 1 fully saturated rings. The van der Waals surface area contributed by atoms with Crippen molar-refractivity contribution in [3.63, 3.8) is 0 Å². The summed E-state index contributed by atoms with van der Waals surface area (Å²) in [6, 6.07) is 8.43. The largest absolute Gasteiger partial charge is 0.420 e. The molecular weight excluding hydrogens is 388 g/mol. The summed E-state index contributed by atoms with van der Waals surface area (Å²) >= 11 is 0. The van der Waals surface area contributed by atoms with Crippen molar-refractivity contribution in [2.45, 2.75) is 58.8 Å². The van der Waals surface area contributed by atoms with Gasteiger partial charge in [0, 0.05) is 17.9 Å². The first kappa shape index (κ1) is 20.0. The number of allylic oxidation sites excluding steroid dienone is 1. The van der Waals surface area contributed by atoms with E-state index in [4.69, 9.17) is 14.5 Å². The highest BCUT2D eigenvalue weighted by Crippen LogP contribution is 2.29. The minimum atomic E-state index is 0.368. The number of aromatic nitrogens is 2. The molecule has 3 aliphatic rings. The molecule has 1 saturated heterocycles. The zero-order valence-corrected chi connectivity index (χ0v) is 18.5. The van der Waals surface area contributed by atoms with Crippen LogP contribution >= 0.6 is 0 Å². The summed E-state index contributed by atoms with van der Waals surface area (Å²) < 4.78 is 8.03. The summed E-state index contributed by atoms with van der Waals surface area (Å²) in [6.07, 6.45) is 4.70. The zero-order valence-electron chi connectivity index (χ0n) is 18.5. The van der Waals surface area contributed by atoms with Crippen LogP contribution in [0.2, 0.25) is 0 Å². The minimum Gasteiger partial charge on any atom is -0.420 e. The number of benzene rings is 1. The van der Waals surface area contributed by atoms with Crippen LogP contribution in [0.4, 0.5) is 0 Å². The predicted molar refractivity (Wildman–Crippen MR) is 122 cm³/mol. The van der Waals surface area contributed by atoms with E-state index in [2.05, 4.69) is 60.6 Å². The highest BCUT2D eigenvalue weighted by Gasteiger charge is 2.34. The van der Waals surface area contributed by atoms with Gasteiger partial charge in [0.25, 0.3) is 0 Å². The Hall–Kier alpha value is -2.93. The van der Waals surface area contributed by atoms with E-state index >= 15 is 0 Å². The monoisotopic (exact) mass is 417 g/mol. The smallest absolute Gasteiger partial charge is 0.353 e. The van der Waals surface area contributed by atoms with E-state index in [1.165, 1.54) is 16.8 Å². The summed E-state index contributed by atoms with van der Waals surface area (Å²) in [7, 11) is 0. The minimum absolute atomic E-state index is 0.368. The van der Waals surface area contributed by atoms with Crippen molar-refractivity contribution in [3.8, 4) is 11.5 Å². The Morgan fingerprint density at radius 1 is 1.10 bits per heavy atom. The van der Waals surface area contributed by atoms with Gasteiger partial charge in [-0.05, 0) is 68.9 Å². The van der Waals surface area contributed by atoms with Crippen LogP contribution in [0.25, 0.3) is 11.5 Å². The second-order valence-corrected chi connectivity index (χ2v) is 8.62. The number of hydrazone groups is 1. The molecule has 1 aromatic carbocycles. The standard InChI is InChI=1S/C24H29N6O/c1-4-21-20(22-26-15(2)13-16(3)30(22)29-21)14-17-5-7-18(8-6-17)23-27-28-24(31-23)19-9-11-25-12-10-19/h5-8,19,25H,4,9-14H2,1-3H3/q+1. The van der Waals surface area contributed by atoms with Gasteiger partial charge in [-0.2, -0.15) is 0 Å². The second-order valence-electron chi connectivity index (χ2n) is 8.62. The first-order valence-corrected chi connectivity index (χ1v) is 11.2. The summed E-state index contributed by atoms with van der Waals surface area (Å²) in [5.41, 5.74) is 6.91. The van der Waals surface area contributed by atoms with Crippen LogP contribution in [0.3, 0.4) is 0 Å². The van der Waals surface area contributed by atoms with E-state index in [9.17, 15) is 0 Å². The molecule has 31 heavy (non-hydrogen) atoms. The third-order valence-corrected chi connectivity index (χ3v) is 6.26. The van der Waals surface area contributed by atoms with Crippen LogP contribution in [0.1, 0.15) is 63.8 Å². The van der Waals surface area contributed by atoms with E-state index < -0.39 is 0 Å². The van der Waals surface area contributed by atoms with Gasteiger partial charge >= 0.3 is 5.82 Å². The quantitative estimate of drug-likeness (QED) is 0.744. The van der Waals surface area contributed by atoms with Crippen molar-refractivity contribution in [2.24, 2.45) is 10.1 Å². The molecule has 160 valence electrons. The molecule has 0 radical (unpaired) electrons. The first-order chi connectivity index (χ1) is 15.1. The van der Waals surface area contributed by atoms with Crippen LogP contribution < -0.4 is 5.32 Å². The number of piperidine rings is 1. The number of fused-ring (bicyclic) bond motifs is 1. The molecule has 1 N–H and O–H groups in total. The molecule has 7 heteroatoms. The third kappa shape index (κ3) is 3.90. The number of nitrogens with zero attached hydrogens (tertiary/aromatic N) is 5. The highest BCUT2D eigenvalue weighted by molar-refractivity contribution is 6.06. The molecule has 3 aliphatic heterocycles. The van der Waals surface area contributed by atoms with Crippen molar-refractivity contribution < 1.29 is 9.10 Å². The van der Waals surface area contributed by atoms with Crippen molar-refractivity contribution in [2.75, 3.05) is 13.1 Å². The second kappa shape index (κ2) is 8.30. The first-order valence-electron chi connectivity index (χ1n) is 11.2. The van der Waals surface area contributed by atoms with Crippen LogP contribution in [0.15, 0.2) is 50.2 Å². The van der Waals surface area contributed by atoms with Crippen molar-refractivity contribution >= 4 is 17.1 Å². The van der Waals surface area contributed by atoms with E-state index in [1.54, 1.807) is 0 Å². The molecule has 0 amide bonds. The molecule has 0 saturated carbocycles. The molecule has 2 aromatic rings. The fourth-order valence-electron chi connectivity index (χ4n) is 4.55. The van der Waals surface area contributed by atoms with E-state index in [-0.39, 0.29) is 0 Å². The topological polar surface area (TPSA) is 78.7 Å². The SMILES string of the molecule is CCC1=N[N+]2=C(C)CC(C)=NC2=C1Cc1ccc(-c2nnc(C3CCNCC3)o2)cc1. The van der Waals surface area contributed by atoms with Gasteiger partial charge in [0.2, 0.25) is 11.8 Å². The molecule has 0 unspecified atom stereocenters. The summed E-state index contributed by atoms with van der Waals surface area (Å²) in [5, 5.41) is 16.8. The summed E-state index contributed by atoms with van der Waals surface area (Å²) in [6.45, 7) is 8.40.